The van der Waals surface area contributed by atoms with Gasteiger partial charge in [-0.2, -0.15) is 0 Å². The molecule has 0 spiro atoms. The van der Waals surface area contributed by atoms with Crippen molar-refractivity contribution in [2.75, 3.05) is 0 Å². The molecule has 0 radical (unpaired) electrons. The van der Waals surface area contributed by atoms with Crippen molar-refractivity contribution < 1.29 is 9.50 Å². The number of phenolic OH excluding ortho intramolecular Hbond substituents is 1. The van der Waals surface area contributed by atoms with Crippen LogP contribution in [0.5, 0.6) is 5.75 Å². The first-order chi connectivity index (χ1) is 6.07. The largest absolute Gasteiger partial charge is 0.505 e. The SMILES string of the molecule is C=C[C@H](N)c1ccc(C)c(F)c1O.Cl. The monoisotopic (exact) mass is 217 g/mol. The lowest BCUT2D eigenvalue weighted by atomic mass is 10.0. The summed E-state index contributed by atoms with van der Waals surface area (Å²) >= 11 is 0. The highest BCUT2D eigenvalue weighted by atomic mass is 35.5. The first-order valence-electron chi connectivity index (χ1n) is 3.94. The second-order valence-corrected chi connectivity index (χ2v) is 2.90. The van der Waals surface area contributed by atoms with Crippen molar-refractivity contribution >= 4 is 12.4 Å². The summed E-state index contributed by atoms with van der Waals surface area (Å²) in [5.74, 6) is -0.998. The summed E-state index contributed by atoms with van der Waals surface area (Å²) in [7, 11) is 0. The van der Waals surface area contributed by atoms with Crippen molar-refractivity contribution in [1.82, 2.24) is 0 Å². The number of aryl methyl sites for hydroxylation is 1. The Morgan fingerprint density at radius 1 is 1.57 bits per heavy atom. The van der Waals surface area contributed by atoms with E-state index in [1.807, 2.05) is 0 Å². The molecule has 0 aromatic heterocycles. The van der Waals surface area contributed by atoms with Gasteiger partial charge in [0.2, 0.25) is 0 Å². The van der Waals surface area contributed by atoms with Crippen molar-refractivity contribution in [2.45, 2.75) is 13.0 Å². The molecule has 1 aromatic rings. The quantitative estimate of drug-likeness (QED) is 0.748. The minimum absolute atomic E-state index is 0. The summed E-state index contributed by atoms with van der Waals surface area (Å²) in [6.07, 6.45) is 1.45. The molecule has 0 aliphatic rings. The van der Waals surface area contributed by atoms with Gasteiger partial charge in [-0.3, -0.25) is 0 Å². The molecular weight excluding hydrogens is 205 g/mol. The smallest absolute Gasteiger partial charge is 0.168 e. The van der Waals surface area contributed by atoms with E-state index >= 15 is 0 Å². The predicted molar refractivity (Wildman–Crippen MR) is 57.2 cm³/mol. The highest BCUT2D eigenvalue weighted by Crippen LogP contribution is 2.28. The van der Waals surface area contributed by atoms with Gasteiger partial charge in [0.05, 0.1) is 6.04 Å². The van der Waals surface area contributed by atoms with Gasteiger partial charge in [0.1, 0.15) is 0 Å². The number of hydrogen-bond acceptors (Lipinski definition) is 2. The normalized spacial score (nSPS) is 11.6. The summed E-state index contributed by atoms with van der Waals surface area (Å²) in [5.41, 5.74) is 6.33. The van der Waals surface area contributed by atoms with Gasteiger partial charge in [-0.15, -0.1) is 19.0 Å². The zero-order valence-corrected chi connectivity index (χ0v) is 8.64. The Morgan fingerprint density at radius 3 is 2.64 bits per heavy atom. The third kappa shape index (κ3) is 2.25. The molecular formula is C10H13ClFNO. The van der Waals surface area contributed by atoms with Gasteiger partial charge in [0, 0.05) is 5.56 Å². The van der Waals surface area contributed by atoms with Gasteiger partial charge in [-0.25, -0.2) is 4.39 Å². The van der Waals surface area contributed by atoms with Gasteiger partial charge in [-0.05, 0) is 12.5 Å². The molecule has 0 fully saturated rings. The maximum atomic E-state index is 13.1. The lowest BCUT2D eigenvalue weighted by Gasteiger charge is -2.10. The zero-order valence-electron chi connectivity index (χ0n) is 7.83. The van der Waals surface area contributed by atoms with Gasteiger partial charge >= 0.3 is 0 Å². The van der Waals surface area contributed by atoms with Gasteiger partial charge < -0.3 is 10.8 Å². The van der Waals surface area contributed by atoms with Crippen LogP contribution < -0.4 is 5.73 Å². The molecule has 0 bridgehead atoms. The van der Waals surface area contributed by atoms with Crippen LogP contribution in [0.4, 0.5) is 4.39 Å². The van der Waals surface area contributed by atoms with E-state index < -0.39 is 11.9 Å². The molecule has 0 unspecified atom stereocenters. The average molecular weight is 218 g/mol. The number of rotatable bonds is 2. The van der Waals surface area contributed by atoms with Crippen LogP contribution in [0.2, 0.25) is 0 Å². The third-order valence-electron chi connectivity index (χ3n) is 1.95. The van der Waals surface area contributed by atoms with Gasteiger partial charge in [-0.1, -0.05) is 18.2 Å². The fourth-order valence-corrected chi connectivity index (χ4v) is 1.08. The summed E-state index contributed by atoms with van der Waals surface area (Å²) in [6, 6.07) is 2.64. The fraction of sp³-hybridized carbons (Fsp3) is 0.200. The number of benzene rings is 1. The summed E-state index contributed by atoms with van der Waals surface area (Å²) in [6.45, 7) is 5.05. The first kappa shape index (κ1) is 12.9. The molecule has 0 saturated carbocycles. The standard InChI is InChI=1S/C10H12FNO.ClH/c1-3-8(12)7-5-4-6(2)9(11)10(7)13;/h3-5,8,13H,1,12H2,2H3;1H/t8-;/m0./s1. The maximum absolute atomic E-state index is 13.1. The van der Waals surface area contributed by atoms with Crippen molar-refractivity contribution in [3.8, 4) is 5.75 Å². The minimum atomic E-state index is -0.616. The lowest BCUT2D eigenvalue weighted by Crippen LogP contribution is -2.07. The molecule has 3 N–H and O–H groups in total. The highest BCUT2D eigenvalue weighted by molar-refractivity contribution is 5.85. The number of hydrogen-bond donors (Lipinski definition) is 2. The van der Waals surface area contributed by atoms with Crippen LogP contribution in [0, 0.1) is 12.7 Å². The number of phenols is 1. The minimum Gasteiger partial charge on any atom is -0.505 e. The summed E-state index contributed by atoms with van der Waals surface area (Å²) in [5, 5.41) is 9.38. The Bertz CT molecular complexity index is 341. The third-order valence-corrected chi connectivity index (χ3v) is 1.95. The van der Waals surface area contributed by atoms with E-state index in [0.29, 0.717) is 11.1 Å². The van der Waals surface area contributed by atoms with Crippen molar-refractivity contribution in [1.29, 1.82) is 0 Å². The average Bonchev–Trinajstić information content (AvgIpc) is 2.13. The van der Waals surface area contributed by atoms with Gasteiger partial charge in [0.15, 0.2) is 11.6 Å². The van der Waals surface area contributed by atoms with Crippen LogP contribution in [-0.2, 0) is 0 Å². The molecule has 0 heterocycles. The van der Waals surface area contributed by atoms with Crippen molar-refractivity contribution in [3.63, 3.8) is 0 Å². The molecule has 0 saturated heterocycles. The van der Waals surface area contributed by atoms with E-state index in [1.54, 1.807) is 19.1 Å². The van der Waals surface area contributed by atoms with E-state index in [9.17, 15) is 9.50 Å². The van der Waals surface area contributed by atoms with Crippen LogP contribution in [-0.4, -0.2) is 5.11 Å². The summed E-state index contributed by atoms with van der Waals surface area (Å²) in [4.78, 5) is 0. The molecule has 0 aliphatic heterocycles. The highest BCUT2D eigenvalue weighted by Gasteiger charge is 2.13. The topological polar surface area (TPSA) is 46.2 Å². The Balaban J connectivity index is 0.00000169. The molecule has 0 amide bonds. The van der Waals surface area contributed by atoms with Crippen molar-refractivity contribution in [2.24, 2.45) is 5.73 Å². The number of aromatic hydroxyl groups is 1. The molecule has 1 atom stereocenters. The Kier molecular flexibility index (Phi) is 4.60. The van der Waals surface area contributed by atoms with E-state index in [0.717, 1.165) is 0 Å². The molecule has 4 heteroatoms. The van der Waals surface area contributed by atoms with Gasteiger partial charge in [0.25, 0.3) is 0 Å². The second kappa shape index (κ2) is 4.98. The molecule has 2 nitrogen and oxygen atoms in total. The van der Waals surface area contributed by atoms with Crippen LogP contribution in [0.15, 0.2) is 24.8 Å². The maximum Gasteiger partial charge on any atom is 0.168 e. The van der Waals surface area contributed by atoms with Crippen LogP contribution in [0.3, 0.4) is 0 Å². The zero-order chi connectivity index (χ0) is 10.0. The molecule has 1 rings (SSSR count). The van der Waals surface area contributed by atoms with Crippen LogP contribution >= 0.6 is 12.4 Å². The van der Waals surface area contributed by atoms with E-state index in [4.69, 9.17) is 5.73 Å². The van der Waals surface area contributed by atoms with E-state index in [-0.39, 0.29) is 18.2 Å². The predicted octanol–water partition coefficient (Wildman–Crippen LogP) is 2.45. The van der Waals surface area contributed by atoms with E-state index in [2.05, 4.69) is 6.58 Å². The molecule has 0 aliphatic carbocycles. The number of nitrogens with two attached hydrogens (primary N) is 1. The Labute approximate surface area is 88.7 Å². The van der Waals surface area contributed by atoms with Crippen LogP contribution in [0.1, 0.15) is 17.2 Å². The Morgan fingerprint density at radius 2 is 2.14 bits per heavy atom. The molecule has 1 aromatic carbocycles. The lowest BCUT2D eigenvalue weighted by molar-refractivity contribution is 0.422. The molecule has 78 valence electrons. The number of halogens is 2. The Hall–Kier alpha value is -1.06. The molecule has 14 heavy (non-hydrogen) atoms. The van der Waals surface area contributed by atoms with E-state index in [1.165, 1.54) is 6.08 Å². The van der Waals surface area contributed by atoms with Crippen molar-refractivity contribution in [3.05, 3.63) is 41.7 Å². The fourth-order valence-electron chi connectivity index (χ4n) is 1.08. The second-order valence-electron chi connectivity index (χ2n) is 2.90. The first-order valence-corrected chi connectivity index (χ1v) is 3.94. The summed E-state index contributed by atoms with van der Waals surface area (Å²) < 4.78 is 13.1. The van der Waals surface area contributed by atoms with Crippen LogP contribution in [0.25, 0.3) is 0 Å².